The van der Waals surface area contributed by atoms with Gasteiger partial charge >= 0.3 is 0 Å². The molecule has 0 aromatic heterocycles. The molecule has 1 fully saturated rings. The van der Waals surface area contributed by atoms with Gasteiger partial charge in [-0.15, -0.1) is 0 Å². The first-order valence-electron chi connectivity index (χ1n) is 7.72. The summed E-state index contributed by atoms with van der Waals surface area (Å²) in [6, 6.07) is 10.9. The molecule has 2 aromatic carbocycles. The lowest BCUT2D eigenvalue weighted by Crippen LogP contribution is -2.32. The van der Waals surface area contributed by atoms with Crippen LogP contribution >= 0.6 is 23.2 Å². The average molecular weight is 381 g/mol. The number of nitrogens with one attached hydrogen (secondary N) is 1. The molecule has 1 saturated heterocycles. The lowest BCUT2D eigenvalue weighted by Gasteiger charge is -2.18. The number of rotatable bonds is 4. The summed E-state index contributed by atoms with van der Waals surface area (Å²) in [7, 11) is 0. The Hall–Kier alpha value is -2.11. The Morgan fingerprint density at radius 3 is 2.64 bits per heavy atom. The van der Waals surface area contributed by atoms with Crippen LogP contribution < -0.4 is 10.2 Å². The van der Waals surface area contributed by atoms with Crippen LogP contribution in [0.15, 0.2) is 42.5 Å². The number of benzene rings is 2. The third kappa shape index (κ3) is 3.94. The number of carbonyl (C=O) groups is 2. The van der Waals surface area contributed by atoms with Gasteiger partial charge in [-0.25, -0.2) is 4.39 Å². The van der Waals surface area contributed by atoms with E-state index < -0.39 is 5.92 Å². The predicted molar refractivity (Wildman–Crippen MR) is 95.2 cm³/mol. The number of carbonyl (C=O) groups excluding carboxylic acids is 2. The third-order valence-electron chi connectivity index (χ3n) is 4.10. The Labute approximate surface area is 154 Å². The fraction of sp³-hybridized carbons (Fsp3) is 0.222. The quantitative estimate of drug-likeness (QED) is 0.876. The molecule has 0 spiro atoms. The number of nitrogens with zero attached hydrogens (tertiary/aromatic N) is 1. The number of amides is 2. The van der Waals surface area contributed by atoms with Gasteiger partial charge in [0.05, 0.1) is 21.7 Å². The predicted octanol–water partition coefficient (Wildman–Crippen LogP) is 3.80. The van der Waals surface area contributed by atoms with Crippen LogP contribution in [0.2, 0.25) is 10.0 Å². The van der Waals surface area contributed by atoms with E-state index >= 15 is 0 Å². The van der Waals surface area contributed by atoms with Gasteiger partial charge in [0.2, 0.25) is 11.8 Å². The standard InChI is InChI=1S/C18H15Cl2FN2O2/c19-14-2-1-3-15(17(14)20)23-10-12(8-16(23)24)18(25)22-9-11-4-6-13(21)7-5-11/h1-7,12H,8-10H2,(H,22,25)/t12-/m0/s1. The maximum atomic E-state index is 12.9. The molecule has 0 unspecified atom stereocenters. The van der Waals surface area contributed by atoms with Crippen molar-refractivity contribution in [2.24, 2.45) is 5.92 Å². The van der Waals surface area contributed by atoms with Gasteiger partial charge in [0.25, 0.3) is 0 Å². The van der Waals surface area contributed by atoms with E-state index in [0.29, 0.717) is 15.7 Å². The molecule has 1 atom stereocenters. The number of hydrogen-bond acceptors (Lipinski definition) is 2. The van der Waals surface area contributed by atoms with Crippen molar-refractivity contribution in [2.75, 3.05) is 11.4 Å². The minimum Gasteiger partial charge on any atom is -0.352 e. The minimum absolute atomic E-state index is 0.109. The molecule has 25 heavy (non-hydrogen) atoms. The zero-order valence-electron chi connectivity index (χ0n) is 13.1. The van der Waals surface area contributed by atoms with Crippen molar-refractivity contribution in [3.05, 3.63) is 63.9 Å². The summed E-state index contributed by atoms with van der Waals surface area (Å²) in [6.07, 6.45) is 0.109. The molecule has 130 valence electrons. The smallest absolute Gasteiger partial charge is 0.227 e. The molecule has 1 aliphatic rings. The van der Waals surface area contributed by atoms with Crippen LogP contribution in [0, 0.1) is 11.7 Å². The fourth-order valence-corrected chi connectivity index (χ4v) is 3.15. The van der Waals surface area contributed by atoms with Crippen molar-refractivity contribution in [3.63, 3.8) is 0 Å². The van der Waals surface area contributed by atoms with Gasteiger partial charge in [0, 0.05) is 19.5 Å². The summed E-state index contributed by atoms with van der Waals surface area (Å²) >= 11 is 12.2. The molecule has 0 saturated carbocycles. The highest BCUT2D eigenvalue weighted by Gasteiger charge is 2.36. The first kappa shape index (κ1) is 17.7. The maximum Gasteiger partial charge on any atom is 0.227 e. The van der Waals surface area contributed by atoms with Gasteiger partial charge in [-0.3, -0.25) is 9.59 Å². The van der Waals surface area contributed by atoms with Crippen LogP contribution in [-0.4, -0.2) is 18.4 Å². The molecular formula is C18H15Cl2FN2O2. The SMILES string of the molecule is O=C(NCc1ccc(F)cc1)[C@H]1CC(=O)N(c2cccc(Cl)c2Cl)C1. The first-order valence-corrected chi connectivity index (χ1v) is 8.48. The lowest BCUT2D eigenvalue weighted by molar-refractivity contribution is -0.126. The Bertz CT molecular complexity index is 811. The maximum absolute atomic E-state index is 12.9. The second kappa shape index (κ2) is 7.42. The van der Waals surface area contributed by atoms with E-state index in [1.54, 1.807) is 30.3 Å². The Morgan fingerprint density at radius 1 is 1.20 bits per heavy atom. The summed E-state index contributed by atoms with van der Waals surface area (Å²) < 4.78 is 12.9. The molecule has 2 aromatic rings. The highest BCUT2D eigenvalue weighted by atomic mass is 35.5. The summed E-state index contributed by atoms with van der Waals surface area (Å²) in [5.41, 5.74) is 1.29. The Morgan fingerprint density at radius 2 is 1.92 bits per heavy atom. The second-order valence-corrected chi connectivity index (χ2v) is 6.61. The van der Waals surface area contributed by atoms with Gasteiger partial charge < -0.3 is 10.2 Å². The van der Waals surface area contributed by atoms with Gasteiger partial charge in [0.15, 0.2) is 0 Å². The average Bonchev–Trinajstić information content (AvgIpc) is 2.98. The summed E-state index contributed by atoms with van der Waals surface area (Å²) in [5, 5.41) is 3.43. The van der Waals surface area contributed by atoms with E-state index in [1.165, 1.54) is 17.0 Å². The van der Waals surface area contributed by atoms with Crippen LogP contribution in [0.25, 0.3) is 0 Å². The summed E-state index contributed by atoms with van der Waals surface area (Å²) in [5.74, 6) is -1.20. The van der Waals surface area contributed by atoms with Crippen molar-refractivity contribution in [3.8, 4) is 0 Å². The van der Waals surface area contributed by atoms with Gasteiger partial charge in [-0.1, -0.05) is 41.4 Å². The van der Waals surface area contributed by atoms with E-state index in [-0.39, 0.29) is 37.1 Å². The van der Waals surface area contributed by atoms with Crippen molar-refractivity contribution in [1.29, 1.82) is 0 Å². The number of hydrogen-bond donors (Lipinski definition) is 1. The highest BCUT2D eigenvalue weighted by Crippen LogP contribution is 2.35. The monoisotopic (exact) mass is 380 g/mol. The molecule has 3 rings (SSSR count). The van der Waals surface area contributed by atoms with Crippen LogP contribution in [0.5, 0.6) is 0 Å². The third-order valence-corrected chi connectivity index (χ3v) is 4.91. The molecule has 1 heterocycles. The Kier molecular flexibility index (Phi) is 5.25. The molecule has 4 nitrogen and oxygen atoms in total. The fourth-order valence-electron chi connectivity index (χ4n) is 2.75. The minimum atomic E-state index is -0.469. The zero-order chi connectivity index (χ0) is 18.0. The van der Waals surface area contributed by atoms with Crippen LogP contribution in [0.3, 0.4) is 0 Å². The zero-order valence-corrected chi connectivity index (χ0v) is 14.6. The molecule has 0 bridgehead atoms. The van der Waals surface area contributed by atoms with Crippen molar-refractivity contribution < 1.29 is 14.0 Å². The Balaban J connectivity index is 1.64. The molecule has 7 heteroatoms. The van der Waals surface area contributed by atoms with Crippen LogP contribution in [-0.2, 0) is 16.1 Å². The van der Waals surface area contributed by atoms with E-state index in [4.69, 9.17) is 23.2 Å². The molecule has 0 radical (unpaired) electrons. The lowest BCUT2D eigenvalue weighted by atomic mass is 10.1. The van der Waals surface area contributed by atoms with Gasteiger partial charge in [-0.2, -0.15) is 0 Å². The van der Waals surface area contributed by atoms with E-state index in [2.05, 4.69) is 5.32 Å². The van der Waals surface area contributed by atoms with E-state index in [0.717, 1.165) is 5.56 Å². The summed E-state index contributed by atoms with van der Waals surface area (Å²) in [6.45, 7) is 0.524. The first-order chi connectivity index (χ1) is 12.0. The summed E-state index contributed by atoms with van der Waals surface area (Å²) in [4.78, 5) is 26.1. The number of anilines is 1. The van der Waals surface area contributed by atoms with Crippen molar-refractivity contribution in [1.82, 2.24) is 5.32 Å². The van der Waals surface area contributed by atoms with E-state index in [9.17, 15) is 14.0 Å². The molecule has 1 N–H and O–H groups in total. The van der Waals surface area contributed by atoms with E-state index in [1.807, 2.05) is 0 Å². The van der Waals surface area contributed by atoms with Crippen LogP contribution in [0.1, 0.15) is 12.0 Å². The van der Waals surface area contributed by atoms with Crippen LogP contribution in [0.4, 0.5) is 10.1 Å². The normalized spacial score (nSPS) is 17.0. The van der Waals surface area contributed by atoms with Crippen molar-refractivity contribution in [2.45, 2.75) is 13.0 Å². The topological polar surface area (TPSA) is 49.4 Å². The molecule has 0 aliphatic carbocycles. The molecule has 2 amide bonds. The second-order valence-electron chi connectivity index (χ2n) is 5.82. The molecule has 1 aliphatic heterocycles. The highest BCUT2D eigenvalue weighted by molar-refractivity contribution is 6.44. The van der Waals surface area contributed by atoms with Crippen molar-refractivity contribution >= 4 is 40.7 Å². The van der Waals surface area contributed by atoms with Gasteiger partial charge in [0.1, 0.15) is 5.82 Å². The molecular weight excluding hydrogens is 366 g/mol. The van der Waals surface area contributed by atoms with Gasteiger partial charge in [-0.05, 0) is 29.8 Å². The number of halogens is 3. The largest absolute Gasteiger partial charge is 0.352 e.